The van der Waals surface area contributed by atoms with Crippen molar-refractivity contribution in [1.29, 1.82) is 0 Å². The lowest BCUT2D eigenvalue weighted by Gasteiger charge is -2.06. The van der Waals surface area contributed by atoms with Crippen LogP contribution in [-0.4, -0.2) is 22.7 Å². The molecule has 0 atom stereocenters. The third-order valence-corrected chi connectivity index (χ3v) is 5.82. The number of para-hydroxylation sites is 1. The summed E-state index contributed by atoms with van der Waals surface area (Å²) in [5.41, 5.74) is 2.63. The van der Waals surface area contributed by atoms with Gasteiger partial charge in [0.05, 0.1) is 10.4 Å². The van der Waals surface area contributed by atoms with Gasteiger partial charge in [0, 0.05) is 10.9 Å². The van der Waals surface area contributed by atoms with Gasteiger partial charge in [0.1, 0.15) is 11.4 Å². The van der Waals surface area contributed by atoms with Crippen molar-refractivity contribution in [2.45, 2.75) is 11.8 Å². The summed E-state index contributed by atoms with van der Waals surface area (Å²) >= 11 is 0. The molecule has 1 N–H and O–H groups in total. The number of nitrogens with zero attached hydrogens (tertiary/aromatic N) is 2. The number of phenolic OH excluding ortho intramolecular Hbond substituents is 1. The quantitative estimate of drug-likeness (QED) is 0.597. The molecule has 0 saturated carbocycles. The highest BCUT2D eigenvalue weighted by molar-refractivity contribution is 7.90. The Morgan fingerprint density at radius 1 is 0.923 bits per heavy atom. The van der Waals surface area contributed by atoms with Gasteiger partial charge in [0.2, 0.25) is 0 Å². The largest absolute Gasteiger partial charge is 0.508 e. The van der Waals surface area contributed by atoms with Crippen LogP contribution in [0.25, 0.3) is 22.2 Å². The summed E-state index contributed by atoms with van der Waals surface area (Å²) in [7, 11) is -3.84. The van der Waals surface area contributed by atoms with E-state index in [1.54, 1.807) is 60.7 Å². The minimum Gasteiger partial charge on any atom is -0.508 e. The van der Waals surface area contributed by atoms with Crippen LogP contribution in [0, 0.1) is 6.92 Å². The zero-order valence-electron chi connectivity index (χ0n) is 14.0. The smallest absolute Gasteiger partial charge is 0.283 e. The number of hydrogen-bond acceptors (Lipinski definition) is 4. The Kier molecular flexibility index (Phi) is 3.77. The molecule has 4 rings (SSSR count). The molecule has 0 spiro atoms. The van der Waals surface area contributed by atoms with E-state index in [0.717, 1.165) is 9.65 Å². The van der Waals surface area contributed by atoms with Gasteiger partial charge in [-0.2, -0.15) is 17.6 Å². The summed E-state index contributed by atoms with van der Waals surface area (Å²) in [4.78, 5) is 0.179. The fourth-order valence-electron chi connectivity index (χ4n) is 2.90. The maximum absolute atomic E-state index is 13.1. The van der Waals surface area contributed by atoms with Crippen molar-refractivity contribution in [1.82, 2.24) is 9.19 Å². The minimum atomic E-state index is -3.84. The van der Waals surface area contributed by atoms with Crippen LogP contribution in [0.5, 0.6) is 5.75 Å². The standard InChI is InChI=1S/C20H16N2O3S/c1-14-9-11-17(12-10-14)26(24,25)22-19-8-3-2-7-18(19)20(21-22)15-5-4-6-16(23)13-15/h2-13,23H,1H3. The second-order valence-electron chi connectivity index (χ2n) is 6.08. The molecule has 0 bridgehead atoms. The van der Waals surface area contributed by atoms with Crippen molar-refractivity contribution in [3.63, 3.8) is 0 Å². The van der Waals surface area contributed by atoms with Gasteiger partial charge in [-0.05, 0) is 37.3 Å². The van der Waals surface area contributed by atoms with Crippen LogP contribution in [0.1, 0.15) is 5.56 Å². The van der Waals surface area contributed by atoms with Crippen molar-refractivity contribution in [3.8, 4) is 17.0 Å². The molecular formula is C20H16N2O3S. The molecule has 0 aliphatic carbocycles. The molecule has 0 saturated heterocycles. The fraction of sp³-hybridized carbons (Fsp3) is 0.0500. The van der Waals surface area contributed by atoms with Gasteiger partial charge in [-0.25, -0.2) is 0 Å². The second kappa shape index (κ2) is 6.00. The SMILES string of the molecule is Cc1ccc(S(=O)(=O)n2nc(-c3cccc(O)c3)c3ccccc32)cc1. The first-order chi connectivity index (χ1) is 12.5. The van der Waals surface area contributed by atoms with Crippen LogP contribution in [0.15, 0.2) is 77.7 Å². The van der Waals surface area contributed by atoms with E-state index in [0.29, 0.717) is 22.2 Å². The van der Waals surface area contributed by atoms with Crippen molar-refractivity contribution in [2.75, 3.05) is 0 Å². The molecule has 4 aromatic rings. The van der Waals surface area contributed by atoms with Crippen molar-refractivity contribution < 1.29 is 13.5 Å². The molecule has 1 heterocycles. The highest BCUT2D eigenvalue weighted by Crippen LogP contribution is 2.31. The topological polar surface area (TPSA) is 72.2 Å². The summed E-state index contributed by atoms with van der Waals surface area (Å²) in [6.07, 6.45) is 0. The summed E-state index contributed by atoms with van der Waals surface area (Å²) < 4.78 is 27.3. The first kappa shape index (κ1) is 16.4. The number of rotatable bonds is 3. The van der Waals surface area contributed by atoms with Crippen LogP contribution in [0.4, 0.5) is 0 Å². The first-order valence-electron chi connectivity index (χ1n) is 8.06. The van der Waals surface area contributed by atoms with E-state index in [2.05, 4.69) is 5.10 Å². The highest BCUT2D eigenvalue weighted by atomic mass is 32.2. The molecule has 0 unspecified atom stereocenters. The van der Waals surface area contributed by atoms with E-state index in [9.17, 15) is 13.5 Å². The molecular weight excluding hydrogens is 348 g/mol. The third kappa shape index (κ3) is 2.64. The van der Waals surface area contributed by atoms with Gasteiger partial charge in [-0.3, -0.25) is 0 Å². The monoisotopic (exact) mass is 364 g/mol. The number of fused-ring (bicyclic) bond motifs is 1. The summed E-state index contributed by atoms with van der Waals surface area (Å²) in [6, 6.07) is 20.4. The van der Waals surface area contributed by atoms with Gasteiger partial charge < -0.3 is 5.11 Å². The van der Waals surface area contributed by atoms with Crippen LogP contribution in [-0.2, 0) is 10.0 Å². The highest BCUT2D eigenvalue weighted by Gasteiger charge is 2.23. The average Bonchev–Trinajstić information content (AvgIpc) is 3.03. The van der Waals surface area contributed by atoms with Crippen LogP contribution in [0.3, 0.4) is 0 Å². The Labute approximate surface area is 151 Å². The Morgan fingerprint density at radius 3 is 2.38 bits per heavy atom. The molecule has 0 radical (unpaired) electrons. The Bertz CT molecular complexity index is 1210. The molecule has 3 aromatic carbocycles. The Balaban J connectivity index is 1.98. The molecule has 6 heteroatoms. The molecule has 130 valence electrons. The van der Waals surface area contributed by atoms with Crippen LogP contribution in [0.2, 0.25) is 0 Å². The number of benzene rings is 3. The van der Waals surface area contributed by atoms with E-state index < -0.39 is 10.0 Å². The van der Waals surface area contributed by atoms with Crippen molar-refractivity contribution in [3.05, 3.63) is 78.4 Å². The van der Waals surface area contributed by atoms with E-state index in [1.165, 1.54) is 0 Å². The maximum atomic E-state index is 13.1. The molecule has 0 aliphatic rings. The normalized spacial score (nSPS) is 11.7. The predicted molar refractivity (Wildman–Crippen MR) is 101 cm³/mol. The molecule has 0 fully saturated rings. The number of aryl methyl sites for hydroxylation is 1. The lowest BCUT2D eigenvalue weighted by atomic mass is 10.1. The zero-order chi connectivity index (χ0) is 18.3. The van der Waals surface area contributed by atoms with E-state index in [1.807, 2.05) is 19.1 Å². The molecule has 5 nitrogen and oxygen atoms in total. The van der Waals surface area contributed by atoms with Gasteiger partial charge in [0.15, 0.2) is 0 Å². The summed E-state index contributed by atoms with van der Waals surface area (Å²) in [5.74, 6) is 0.0996. The second-order valence-corrected chi connectivity index (χ2v) is 7.84. The first-order valence-corrected chi connectivity index (χ1v) is 9.50. The third-order valence-electron chi connectivity index (χ3n) is 4.22. The van der Waals surface area contributed by atoms with E-state index in [4.69, 9.17) is 0 Å². The molecule has 0 amide bonds. The van der Waals surface area contributed by atoms with Gasteiger partial charge in [-0.15, -0.1) is 0 Å². The Morgan fingerprint density at radius 2 is 1.65 bits per heavy atom. The molecule has 26 heavy (non-hydrogen) atoms. The van der Waals surface area contributed by atoms with E-state index >= 15 is 0 Å². The number of aromatic hydroxyl groups is 1. The number of phenols is 1. The Hall–Kier alpha value is -3.12. The molecule has 1 aromatic heterocycles. The van der Waals surface area contributed by atoms with Gasteiger partial charge >= 0.3 is 0 Å². The van der Waals surface area contributed by atoms with Crippen LogP contribution >= 0.6 is 0 Å². The predicted octanol–water partition coefficient (Wildman–Crippen LogP) is 3.95. The number of aromatic nitrogens is 2. The fourth-order valence-corrected chi connectivity index (χ4v) is 4.19. The number of hydrogen-bond donors (Lipinski definition) is 1. The lowest BCUT2D eigenvalue weighted by Crippen LogP contribution is -2.14. The average molecular weight is 364 g/mol. The minimum absolute atomic E-state index is 0.0996. The van der Waals surface area contributed by atoms with Crippen LogP contribution < -0.4 is 0 Å². The summed E-state index contributed by atoms with van der Waals surface area (Å²) in [5, 5.41) is 14.9. The summed E-state index contributed by atoms with van der Waals surface area (Å²) in [6.45, 7) is 1.90. The maximum Gasteiger partial charge on any atom is 0.283 e. The van der Waals surface area contributed by atoms with Gasteiger partial charge in [0.25, 0.3) is 10.0 Å². The molecule has 0 aliphatic heterocycles. The van der Waals surface area contributed by atoms with E-state index in [-0.39, 0.29) is 10.6 Å². The van der Waals surface area contributed by atoms with Gasteiger partial charge in [-0.1, -0.05) is 48.0 Å². The van der Waals surface area contributed by atoms with Crippen molar-refractivity contribution >= 4 is 20.9 Å². The lowest BCUT2D eigenvalue weighted by molar-refractivity contribution is 0.475. The zero-order valence-corrected chi connectivity index (χ0v) is 14.8. The van der Waals surface area contributed by atoms with Crippen molar-refractivity contribution in [2.24, 2.45) is 0 Å².